The molecule has 9 nitrogen and oxygen atoms in total. The van der Waals surface area contributed by atoms with E-state index in [1.54, 1.807) is 6.08 Å². The molecule has 1 aliphatic heterocycles. The molecule has 7 atom stereocenters. The van der Waals surface area contributed by atoms with Crippen molar-refractivity contribution in [3.8, 4) is 0 Å². The van der Waals surface area contributed by atoms with E-state index in [1.165, 1.54) is 199 Å². The summed E-state index contributed by atoms with van der Waals surface area (Å²) in [6, 6.07) is -0.831. The van der Waals surface area contributed by atoms with Crippen LogP contribution in [-0.2, 0) is 14.3 Å². The van der Waals surface area contributed by atoms with Crippen molar-refractivity contribution in [1.82, 2.24) is 5.32 Å². The second-order valence-electron chi connectivity index (χ2n) is 20.8. The molecule has 0 bridgehead atoms. The molecule has 6 N–H and O–H groups in total. The van der Waals surface area contributed by atoms with Crippen LogP contribution < -0.4 is 5.32 Å². The maximum atomic E-state index is 13.1. The molecule has 0 aliphatic carbocycles. The molecule has 1 fully saturated rings. The Morgan fingerprint density at radius 1 is 0.479 bits per heavy atom. The molecule has 1 aliphatic rings. The van der Waals surface area contributed by atoms with Crippen molar-refractivity contribution < 1.29 is 39.8 Å². The zero-order chi connectivity index (χ0) is 51.5. The number of carbonyl (C=O) groups excluding carboxylic acids is 1. The van der Waals surface area contributed by atoms with Crippen molar-refractivity contribution in [2.45, 2.75) is 314 Å². The van der Waals surface area contributed by atoms with E-state index in [0.29, 0.717) is 6.42 Å². The number of nitrogens with one attached hydrogen (secondary N) is 1. The molecule has 71 heavy (non-hydrogen) atoms. The molecular formula is C62H113NO8. The average molecular weight is 1000 g/mol. The molecule has 1 rings (SSSR count). The van der Waals surface area contributed by atoms with Crippen LogP contribution in [0.4, 0.5) is 0 Å². The summed E-state index contributed by atoms with van der Waals surface area (Å²) >= 11 is 0. The molecule has 9 heteroatoms. The third kappa shape index (κ3) is 40.9. The molecule has 1 saturated heterocycles. The van der Waals surface area contributed by atoms with E-state index < -0.39 is 49.5 Å². The first-order valence-corrected chi connectivity index (χ1v) is 30.0. The fourth-order valence-electron chi connectivity index (χ4n) is 9.28. The molecule has 0 aromatic rings. The van der Waals surface area contributed by atoms with Gasteiger partial charge in [0.15, 0.2) is 6.29 Å². The fraction of sp³-hybridized carbons (Fsp3) is 0.823. The van der Waals surface area contributed by atoms with Gasteiger partial charge in [-0.25, -0.2) is 0 Å². The Bertz CT molecular complexity index is 1300. The van der Waals surface area contributed by atoms with Crippen molar-refractivity contribution in [3.63, 3.8) is 0 Å². The van der Waals surface area contributed by atoms with Gasteiger partial charge in [-0.3, -0.25) is 4.79 Å². The maximum absolute atomic E-state index is 13.1. The zero-order valence-corrected chi connectivity index (χ0v) is 46.0. The van der Waals surface area contributed by atoms with Crippen molar-refractivity contribution >= 4 is 5.91 Å². The summed E-state index contributed by atoms with van der Waals surface area (Å²) in [7, 11) is 0. The molecule has 0 aromatic heterocycles. The number of carbonyl (C=O) groups is 1. The van der Waals surface area contributed by atoms with Gasteiger partial charge in [-0.15, -0.1) is 0 Å². The highest BCUT2D eigenvalue weighted by atomic mass is 16.7. The summed E-state index contributed by atoms with van der Waals surface area (Å²) < 4.78 is 11.3. The lowest BCUT2D eigenvalue weighted by molar-refractivity contribution is -0.302. The predicted octanol–water partition coefficient (Wildman–Crippen LogP) is 15.1. The molecule has 7 unspecified atom stereocenters. The predicted molar refractivity (Wildman–Crippen MR) is 299 cm³/mol. The summed E-state index contributed by atoms with van der Waals surface area (Å²) in [6.07, 6.45) is 62.9. The standard InChI is InChI=1S/C62H113NO8/c1-3-5-7-9-11-13-15-17-19-21-23-25-27-28-30-32-34-36-38-40-42-44-46-48-50-52-58(66)63-55(54-70-62-61(69)60(68)59(67)57(53-64)71-62)56(65)51-49-47-45-43-41-39-37-35-33-31-29-26-24-22-20-18-16-14-12-10-8-6-4-2/h15,17,21,23,33,35,41,43,49,51,55-57,59-62,64-65,67-69H,3-14,16,18-20,22,24-32,34,36-40,42,44-48,50,52-54H2,1-2H3,(H,63,66)/b17-15-,23-21-,35-33+,43-41+,51-49+. The van der Waals surface area contributed by atoms with Crippen molar-refractivity contribution in [2.75, 3.05) is 13.2 Å². The number of aliphatic hydroxyl groups excluding tert-OH is 5. The third-order valence-electron chi connectivity index (χ3n) is 14.0. The van der Waals surface area contributed by atoms with Crippen molar-refractivity contribution in [1.29, 1.82) is 0 Å². The third-order valence-corrected chi connectivity index (χ3v) is 14.0. The van der Waals surface area contributed by atoms with E-state index in [2.05, 4.69) is 67.8 Å². The van der Waals surface area contributed by atoms with E-state index in [1.807, 2.05) is 6.08 Å². The Labute approximate surface area is 436 Å². The van der Waals surface area contributed by atoms with Gasteiger partial charge in [-0.05, 0) is 77.0 Å². The summed E-state index contributed by atoms with van der Waals surface area (Å²) in [5, 5.41) is 54.5. The van der Waals surface area contributed by atoms with Gasteiger partial charge in [0.05, 0.1) is 25.4 Å². The number of hydrogen-bond donors (Lipinski definition) is 6. The Morgan fingerprint density at radius 3 is 1.27 bits per heavy atom. The summed E-state index contributed by atoms with van der Waals surface area (Å²) in [5.74, 6) is -0.191. The highest BCUT2D eigenvalue weighted by molar-refractivity contribution is 5.76. The first-order valence-electron chi connectivity index (χ1n) is 30.0. The van der Waals surface area contributed by atoms with Gasteiger partial charge >= 0.3 is 0 Å². The van der Waals surface area contributed by atoms with Crippen LogP contribution >= 0.6 is 0 Å². The van der Waals surface area contributed by atoms with Crippen LogP contribution in [0.1, 0.15) is 271 Å². The van der Waals surface area contributed by atoms with E-state index in [-0.39, 0.29) is 12.5 Å². The SMILES string of the molecule is CCCCCCC/C=C\C/C=C\CCCCCCCCCCCCCCCC(=O)NC(COC1OC(CO)C(O)C(O)C1O)C(O)/C=C/CC/C=C/CC/C=C/CCCCCCCCCCCCCCC. The van der Waals surface area contributed by atoms with Gasteiger partial charge < -0.3 is 40.3 Å². The first kappa shape index (κ1) is 66.9. The van der Waals surface area contributed by atoms with Crippen LogP contribution in [0.25, 0.3) is 0 Å². The minimum Gasteiger partial charge on any atom is -0.394 e. The molecule has 0 saturated carbocycles. The molecule has 0 radical (unpaired) electrons. The highest BCUT2D eigenvalue weighted by Crippen LogP contribution is 2.23. The number of amides is 1. The largest absolute Gasteiger partial charge is 0.394 e. The van der Waals surface area contributed by atoms with Gasteiger partial charge in [0, 0.05) is 6.42 Å². The van der Waals surface area contributed by atoms with Gasteiger partial charge in [0.1, 0.15) is 24.4 Å². The second-order valence-corrected chi connectivity index (χ2v) is 20.8. The summed E-state index contributed by atoms with van der Waals surface area (Å²) in [4.78, 5) is 13.1. The highest BCUT2D eigenvalue weighted by Gasteiger charge is 2.44. The lowest BCUT2D eigenvalue weighted by Crippen LogP contribution is -2.60. The lowest BCUT2D eigenvalue weighted by Gasteiger charge is -2.40. The smallest absolute Gasteiger partial charge is 0.220 e. The van der Waals surface area contributed by atoms with Gasteiger partial charge in [-0.1, -0.05) is 248 Å². The van der Waals surface area contributed by atoms with Crippen LogP contribution in [0.2, 0.25) is 0 Å². The Morgan fingerprint density at radius 2 is 0.845 bits per heavy atom. The van der Waals surface area contributed by atoms with E-state index in [0.717, 1.165) is 51.4 Å². The zero-order valence-electron chi connectivity index (χ0n) is 46.0. The number of allylic oxidation sites excluding steroid dienone is 9. The van der Waals surface area contributed by atoms with Crippen LogP contribution in [-0.4, -0.2) is 87.5 Å². The van der Waals surface area contributed by atoms with E-state index in [4.69, 9.17) is 9.47 Å². The average Bonchev–Trinajstić information content (AvgIpc) is 3.37. The number of ether oxygens (including phenoxy) is 2. The minimum absolute atomic E-state index is 0.191. The van der Waals surface area contributed by atoms with Gasteiger partial charge in [0.2, 0.25) is 5.91 Å². The molecular weight excluding hydrogens is 887 g/mol. The lowest BCUT2D eigenvalue weighted by atomic mass is 9.99. The Kier molecular flexibility index (Phi) is 48.4. The molecule has 0 aromatic carbocycles. The van der Waals surface area contributed by atoms with E-state index in [9.17, 15) is 30.3 Å². The molecule has 414 valence electrons. The number of rotatable bonds is 51. The van der Waals surface area contributed by atoms with Crippen LogP contribution in [0.15, 0.2) is 60.8 Å². The van der Waals surface area contributed by atoms with Gasteiger partial charge in [-0.2, -0.15) is 0 Å². The van der Waals surface area contributed by atoms with Crippen molar-refractivity contribution in [3.05, 3.63) is 60.8 Å². The van der Waals surface area contributed by atoms with Crippen molar-refractivity contribution in [2.24, 2.45) is 0 Å². The Hall–Kier alpha value is -2.11. The van der Waals surface area contributed by atoms with Crippen LogP contribution in [0.3, 0.4) is 0 Å². The quantitative estimate of drug-likeness (QED) is 0.0261. The number of aliphatic hydroxyl groups is 5. The number of hydrogen-bond acceptors (Lipinski definition) is 8. The molecule has 1 amide bonds. The number of unbranched alkanes of at least 4 members (excludes halogenated alkanes) is 33. The molecule has 1 heterocycles. The van der Waals surface area contributed by atoms with E-state index >= 15 is 0 Å². The van der Waals surface area contributed by atoms with Gasteiger partial charge in [0.25, 0.3) is 0 Å². The minimum atomic E-state index is -1.58. The van der Waals surface area contributed by atoms with Crippen LogP contribution in [0.5, 0.6) is 0 Å². The molecule has 0 spiro atoms. The summed E-state index contributed by atoms with van der Waals surface area (Å²) in [6.45, 7) is 3.77. The normalized spacial score (nSPS) is 19.7. The monoisotopic (exact) mass is 1000 g/mol. The Balaban J connectivity index is 2.25. The summed E-state index contributed by atoms with van der Waals surface area (Å²) in [5.41, 5.74) is 0. The second kappa shape index (κ2) is 51.4. The fourth-order valence-corrected chi connectivity index (χ4v) is 9.28. The first-order chi connectivity index (χ1) is 34.8. The maximum Gasteiger partial charge on any atom is 0.220 e. The topological polar surface area (TPSA) is 149 Å². The van der Waals surface area contributed by atoms with Crippen LogP contribution in [0, 0.1) is 0 Å².